The Kier molecular flexibility index (Phi) is 4.27. The Bertz CT molecular complexity index is 424. The molecule has 0 amide bonds. The summed E-state index contributed by atoms with van der Waals surface area (Å²) in [6.07, 6.45) is -3.07. The SMILES string of the molecule is CS(=O)CCNc1cc(C(F)(F)F)nc(N)n1. The van der Waals surface area contributed by atoms with Crippen molar-refractivity contribution in [2.24, 2.45) is 0 Å². The second-order valence-electron chi connectivity index (χ2n) is 3.20. The first-order valence-corrected chi connectivity index (χ1v) is 6.27. The number of anilines is 2. The number of nitrogens with zero attached hydrogens (tertiary/aromatic N) is 2. The maximum Gasteiger partial charge on any atom is 0.433 e. The van der Waals surface area contributed by atoms with Crippen molar-refractivity contribution >= 4 is 22.6 Å². The minimum absolute atomic E-state index is 0.0322. The summed E-state index contributed by atoms with van der Waals surface area (Å²) >= 11 is 0. The smallest absolute Gasteiger partial charge is 0.369 e. The van der Waals surface area contributed by atoms with Crippen LogP contribution in [0.15, 0.2) is 6.07 Å². The zero-order valence-electron chi connectivity index (χ0n) is 8.91. The van der Waals surface area contributed by atoms with Crippen LogP contribution in [0.4, 0.5) is 24.9 Å². The van der Waals surface area contributed by atoms with Gasteiger partial charge >= 0.3 is 6.18 Å². The normalized spacial score (nSPS) is 13.4. The van der Waals surface area contributed by atoms with Gasteiger partial charge in [-0.05, 0) is 0 Å². The second-order valence-corrected chi connectivity index (χ2v) is 4.75. The lowest BCUT2D eigenvalue weighted by Gasteiger charge is -2.09. The van der Waals surface area contributed by atoms with Crippen LogP contribution in [0.2, 0.25) is 0 Å². The molecule has 0 saturated heterocycles. The molecule has 0 aliphatic carbocycles. The number of alkyl halides is 3. The van der Waals surface area contributed by atoms with Crippen molar-refractivity contribution in [2.75, 3.05) is 29.6 Å². The van der Waals surface area contributed by atoms with Gasteiger partial charge in [0, 0.05) is 35.4 Å². The molecule has 0 aliphatic heterocycles. The number of aromatic nitrogens is 2. The lowest BCUT2D eigenvalue weighted by molar-refractivity contribution is -0.141. The van der Waals surface area contributed by atoms with Crippen molar-refractivity contribution in [2.45, 2.75) is 6.18 Å². The van der Waals surface area contributed by atoms with Crippen LogP contribution in [-0.2, 0) is 17.0 Å². The quantitative estimate of drug-likeness (QED) is 0.846. The fourth-order valence-electron chi connectivity index (χ4n) is 1.02. The number of nitrogens with one attached hydrogen (secondary N) is 1. The molecule has 0 spiro atoms. The standard InChI is InChI=1S/C8H11F3N4OS/c1-17(16)3-2-13-6-4-5(8(9,10)11)14-7(12)15-6/h4H,2-3H2,1H3,(H3,12,13,14,15). The van der Waals surface area contributed by atoms with Gasteiger partial charge in [-0.15, -0.1) is 0 Å². The Morgan fingerprint density at radius 2 is 2.12 bits per heavy atom. The summed E-state index contributed by atoms with van der Waals surface area (Å²) in [5, 5.41) is 2.61. The topological polar surface area (TPSA) is 80.9 Å². The molecular weight excluding hydrogens is 257 g/mol. The van der Waals surface area contributed by atoms with Crippen LogP contribution in [0.1, 0.15) is 5.69 Å². The number of nitrogen functional groups attached to an aromatic ring is 1. The highest BCUT2D eigenvalue weighted by atomic mass is 32.2. The average Bonchev–Trinajstić information content (AvgIpc) is 2.14. The fraction of sp³-hybridized carbons (Fsp3) is 0.500. The van der Waals surface area contributed by atoms with E-state index in [1.54, 1.807) is 0 Å². The molecule has 96 valence electrons. The van der Waals surface area contributed by atoms with Crippen molar-refractivity contribution in [1.82, 2.24) is 9.97 Å². The number of hydrogen-bond acceptors (Lipinski definition) is 5. The third-order valence-electron chi connectivity index (χ3n) is 1.73. The Morgan fingerprint density at radius 1 is 1.47 bits per heavy atom. The van der Waals surface area contributed by atoms with Gasteiger partial charge in [-0.25, -0.2) is 4.98 Å². The Balaban J connectivity index is 2.79. The van der Waals surface area contributed by atoms with E-state index >= 15 is 0 Å². The van der Waals surface area contributed by atoms with Crippen LogP contribution < -0.4 is 11.1 Å². The highest BCUT2D eigenvalue weighted by Gasteiger charge is 2.33. The highest BCUT2D eigenvalue weighted by Crippen LogP contribution is 2.29. The summed E-state index contributed by atoms with van der Waals surface area (Å²) in [4.78, 5) is 6.69. The van der Waals surface area contributed by atoms with E-state index in [0.717, 1.165) is 6.07 Å². The van der Waals surface area contributed by atoms with E-state index < -0.39 is 28.6 Å². The second kappa shape index (κ2) is 5.30. The van der Waals surface area contributed by atoms with Crippen LogP contribution in [0.3, 0.4) is 0 Å². The molecule has 1 aromatic heterocycles. The van der Waals surface area contributed by atoms with E-state index in [9.17, 15) is 17.4 Å². The van der Waals surface area contributed by atoms with Crippen molar-refractivity contribution in [3.8, 4) is 0 Å². The number of rotatable bonds is 4. The van der Waals surface area contributed by atoms with Gasteiger partial charge in [0.05, 0.1) is 0 Å². The third kappa shape index (κ3) is 4.55. The summed E-state index contributed by atoms with van der Waals surface area (Å²) in [7, 11) is -1.03. The molecular formula is C8H11F3N4OS. The van der Waals surface area contributed by atoms with E-state index in [1.807, 2.05) is 0 Å². The van der Waals surface area contributed by atoms with E-state index in [2.05, 4.69) is 15.3 Å². The summed E-state index contributed by atoms with van der Waals surface area (Å²) in [6.45, 7) is 0.247. The van der Waals surface area contributed by atoms with Gasteiger partial charge in [0.25, 0.3) is 0 Å². The molecule has 0 saturated carbocycles. The molecule has 3 N–H and O–H groups in total. The molecule has 1 unspecified atom stereocenters. The molecule has 0 aliphatic rings. The third-order valence-corrected chi connectivity index (χ3v) is 2.51. The minimum Gasteiger partial charge on any atom is -0.369 e. The fourth-order valence-corrected chi connectivity index (χ4v) is 1.41. The van der Waals surface area contributed by atoms with Crippen LogP contribution in [0.5, 0.6) is 0 Å². The number of nitrogens with two attached hydrogens (primary N) is 1. The number of hydrogen-bond donors (Lipinski definition) is 2. The highest BCUT2D eigenvalue weighted by molar-refractivity contribution is 7.84. The molecule has 0 aromatic carbocycles. The molecule has 1 aromatic rings. The maximum atomic E-state index is 12.4. The van der Waals surface area contributed by atoms with Crippen molar-refractivity contribution in [3.05, 3.63) is 11.8 Å². The molecule has 0 fully saturated rings. The Hall–Kier alpha value is -1.38. The maximum absolute atomic E-state index is 12.4. The van der Waals surface area contributed by atoms with Crippen molar-refractivity contribution in [1.29, 1.82) is 0 Å². The van der Waals surface area contributed by atoms with Gasteiger partial charge in [0.2, 0.25) is 5.95 Å². The van der Waals surface area contributed by atoms with Crippen LogP contribution >= 0.6 is 0 Å². The van der Waals surface area contributed by atoms with Crippen LogP contribution in [0.25, 0.3) is 0 Å². The predicted molar refractivity (Wildman–Crippen MR) is 58.9 cm³/mol. The lowest BCUT2D eigenvalue weighted by Crippen LogP contribution is -2.15. The van der Waals surface area contributed by atoms with E-state index in [-0.39, 0.29) is 12.4 Å². The molecule has 5 nitrogen and oxygen atoms in total. The van der Waals surface area contributed by atoms with E-state index in [1.165, 1.54) is 6.26 Å². The van der Waals surface area contributed by atoms with E-state index in [4.69, 9.17) is 5.73 Å². The average molecular weight is 268 g/mol. The van der Waals surface area contributed by atoms with E-state index in [0.29, 0.717) is 5.75 Å². The van der Waals surface area contributed by atoms with Gasteiger partial charge in [-0.1, -0.05) is 0 Å². The lowest BCUT2D eigenvalue weighted by atomic mass is 10.4. The van der Waals surface area contributed by atoms with Crippen LogP contribution in [0, 0.1) is 0 Å². The summed E-state index contributed by atoms with van der Waals surface area (Å²) in [5.74, 6) is -0.180. The predicted octanol–water partition coefficient (Wildman–Crippen LogP) is 0.868. The molecule has 1 atom stereocenters. The van der Waals surface area contributed by atoms with Crippen molar-refractivity contribution < 1.29 is 17.4 Å². The molecule has 1 rings (SSSR count). The summed E-state index contributed by atoms with van der Waals surface area (Å²) < 4.78 is 47.9. The van der Waals surface area contributed by atoms with Crippen LogP contribution in [-0.4, -0.2) is 32.7 Å². The summed E-state index contributed by atoms with van der Waals surface area (Å²) in [6, 6.07) is 0.759. The first-order chi connectivity index (χ1) is 7.79. The summed E-state index contributed by atoms with van der Waals surface area (Å²) in [5.41, 5.74) is 4.06. The molecule has 0 bridgehead atoms. The Morgan fingerprint density at radius 3 is 2.65 bits per heavy atom. The van der Waals surface area contributed by atoms with Gasteiger partial charge in [0.15, 0.2) is 5.69 Å². The van der Waals surface area contributed by atoms with Gasteiger partial charge in [-0.3, -0.25) is 4.21 Å². The van der Waals surface area contributed by atoms with Gasteiger partial charge < -0.3 is 11.1 Å². The Labute approximate surface area is 98.1 Å². The minimum atomic E-state index is -4.57. The van der Waals surface area contributed by atoms with Gasteiger partial charge in [0.1, 0.15) is 5.82 Å². The molecule has 1 heterocycles. The first kappa shape index (κ1) is 13.7. The monoisotopic (exact) mass is 268 g/mol. The molecule has 0 radical (unpaired) electrons. The zero-order valence-corrected chi connectivity index (χ0v) is 9.73. The first-order valence-electron chi connectivity index (χ1n) is 4.54. The van der Waals surface area contributed by atoms with Crippen molar-refractivity contribution in [3.63, 3.8) is 0 Å². The molecule has 17 heavy (non-hydrogen) atoms. The zero-order chi connectivity index (χ0) is 13.1. The largest absolute Gasteiger partial charge is 0.433 e. The molecule has 9 heteroatoms. The number of halogens is 3. The van der Waals surface area contributed by atoms with Gasteiger partial charge in [-0.2, -0.15) is 18.2 Å².